The molecule has 2 heterocycles. The van der Waals surface area contributed by atoms with Crippen molar-refractivity contribution >= 4 is 45.6 Å². The van der Waals surface area contributed by atoms with Crippen LogP contribution in [0.3, 0.4) is 0 Å². The van der Waals surface area contributed by atoms with Crippen LogP contribution in [0.1, 0.15) is 32.1 Å². The standard InChI is InChI=1S/C28H29ClFN5O3/c29-22-12-17(3-8-23(22)30)33-28-21-13-25(26(14-24(21)31-16-32-28)38-20-9-11-37-15-20)34-27(36)2-1-10-35(18-4-5-18)19-6-7-19/h1-3,8,12-14,16,18-20H,4-7,9-11,15H2,(H,34,36)(H,31,32,33)/b2-1+/t20-/m0/s1. The molecule has 38 heavy (non-hydrogen) atoms. The number of nitrogens with zero attached hydrogens (tertiary/aromatic N) is 3. The Bertz CT molecular complexity index is 1360. The Hall–Kier alpha value is -3.27. The van der Waals surface area contributed by atoms with Crippen molar-refractivity contribution in [3.05, 3.63) is 59.7 Å². The minimum Gasteiger partial charge on any atom is -0.486 e. The fourth-order valence-corrected chi connectivity index (χ4v) is 4.92. The molecule has 8 nitrogen and oxygen atoms in total. The highest BCUT2D eigenvalue weighted by atomic mass is 35.5. The number of carbonyl (C=O) groups excluding carboxylic acids is 1. The first-order chi connectivity index (χ1) is 18.5. The summed E-state index contributed by atoms with van der Waals surface area (Å²) in [7, 11) is 0. The number of ether oxygens (including phenoxy) is 2. The number of amides is 1. The highest BCUT2D eigenvalue weighted by Crippen LogP contribution is 2.37. The summed E-state index contributed by atoms with van der Waals surface area (Å²) >= 11 is 5.95. The molecule has 10 heteroatoms. The van der Waals surface area contributed by atoms with Gasteiger partial charge in [0.1, 0.15) is 29.8 Å². The maximum absolute atomic E-state index is 13.6. The first-order valence-electron chi connectivity index (χ1n) is 13.0. The third-order valence-corrected chi connectivity index (χ3v) is 7.27. The van der Waals surface area contributed by atoms with E-state index in [4.69, 9.17) is 21.1 Å². The second kappa shape index (κ2) is 10.8. The molecule has 1 saturated heterocycles. The molecule has 0 spiro atoms. The zero-order valence-corrected chi connectivity index (χ0v) is 21.6. The van der Waals surface area contributed by atoms with E-state index in [1.54, 1.807) is 24.3 Å². The van der Waals surface area contributed by atoms with Crippen LogP contribution in [0, 0.1) is 5.82 Å². The predicted molar refractivity (Wildman–Crippen MR) is 145 cm³/mol. The van der Waals surface area contributed by atoms with Crippen LogP contribution in [-0.2, 0) is 9.53 Å². The highest BCUT2D eigenvalue weighted by molar-refractivity contribution is 6.31. The Morgan fingerprint density at radius 2 is 1.97 bits per heavy atom. The Morgan fingerprint density at radius 1 is 1.16 bits per heavy atom. The van der Waals surface area contributed by atoms with Gasteiger partial charge in [-0.1, -0.05) is 17.7 Å². The molecule has 2 N–H and O–H groups in total. The Balaban J connectivity index is 1.26. The second-order valence-corrected chi connectivity index (χ2v) is 10.4. The topological polar surface area (TPSA) is 88.6 Å². The summed E-state index contributed by atoms with van der Waals surface area (Å²) in [6.07, 6.45) is 10.6. The zero-order chi connectivity index (χ0) is 26.1. The van der Waals surface area contributed by atoms with E-state index in [1.807, 2.05) is 6.08 Å². The van der Waals surface area contributed by atoms with E-state index in [9.17, 15) is 9.18 Å². The zero-order valence-electron chi connectivity index (χ0n) is 20.8. The quantitative estimate of drug-likeness (QED) is 0.332. The summed E-state index contributed by atoms with van der Waals surface area (Å²) in [6.45, 7) is 1.91. The number of benzene rings is 2. The third-order valence-electron chi connectivity index (χ3n) is 6.98. The lowest BCUT2D eigenvalue weighted by molar-refractivity contribution is -0.111. The van der Waals surface area contributed by atoms with E-state index in [0.29, 0.717) is 59.1 Å². The van der Waals surface area contributed by atoms with Gasteiger partial charge in [0, 0.05) is 48.3 Å². The minimum absolute atomic E-state index is 0.00417. The van der Waals surface area contributed by atoms with E-state index >= 15 is 0 Å². The molecule has 0 unspecified atom stereocenters. The molecular weight excluding hydrogens is 509 g/mol. The summed E-state index contributed by atoms with van der Waals surface area (Å²) in [5.74, 6) is 0.267. The van der Waals surface area contributed by atoms with Crippen LogP contribution in [0.5, 0.6) is 5.75 Å². The van der Waals surface area contributed by atoms with E-state index in [-0.39, 0.29) is 17.0 Å². The maximum Gasteiger partial charge on any atom is 0.248 e. The SMILES string of the molecule is O=C(/C=C/CN(C1CC1)C1CC1)Nc1cc2c(Nc3ccc(F)c(Cl)c3)ncnc2cc1O[C@H]1CCOC1. The van der Waals surface area contributed by atoms with Crippen LogP contribution in [0.25, 0.3) is 10.9 Å². The summed E-state index contributed by atoms with van der Waals surface area (Å²) in [5.41, 5.74) is 1.71. The van der Waals surface area contributed by atoms with Crippen molar-refractivity contribution < 1.29 is 18.7 Å². The number of carbonyl (C=O) groups is 1. The summed E-state index contributed by atoms with van der Waals surface area (Å²) in [6, 6.07) is 9.28. The number of hydrogen-bond acceptors (Lipinski definition) is 7. The molecule has 1 amide bonds. The van der Waals surface area contributed by atoms with Crippen molar-refractivity contribution in [2.75, 3.05) is 30.4 Å². The number of rotatable bonds is 10. The lowest BCUT2D eigenvalue weighted by Crippen LogP contribution is -2.28. The van der Waals surface area contributed by atoms with Crippen molar-refractivity contribution in [1.29, 1.82) is 0 Å². The van der Waals surface area contributed by atoms with Crippen LogP contribution in [-0.4, -0.2) is 58.7 Å². The molecule has 1 aromatic heterocycles. The lowest BCUT2D eigenvalue weighted by atomic mass is 10.1. The molecule has 1 aliphatic heterocycles. The van der Waals surface area contributed by atoms with Crippen LogP contribution in [0.2, 0.25) is 5.02 Å². The molecule has 6 rings (SSSR count). The molecule has 3 fully saturated rings. The first kappa shape index (κ1) is 25.0. The molecule has 0 radical (unpaired) electrons. The molecule has 2 aliphatic carbocycles. The molecular formula is C28H29ClFN5O3. The summed E-state index contributed by atoms with van der Waals surface area (Å²) in [5, 5.41) is 6.82. The van der Waals surface area contributed by atoms with Crippen molar-refractivity contribution in [3.63, 3.8) is 0 Å². The van der Waals surface area contributed by atoms with Gasteiger partial charge in [-0.3, -0.25) is 9.69 Å². The number of halogens is 2. The highest BCUT2D eigenvalue weighted by Gasteiger charge is 2.38. The second-order valence-electron chi connectivity index (χ2n) is 10.00. The van der Waals surface area contributed by atoms with Gasteiger partial charge < -0.3 is 20.1 Å². The smallest absolute Gasteiger partial charge is 0.248 e. The first-order valence-corrected chi connectivity index (χ1v) is 13.4. The molecule has 3 aromatic rings. The van der Waals surface area contributed by atoms with E-state index in [0.717, 1.165) is 13.0 Å². The lowest BCUT2D eigenvalue weighted by Gasteiger charge is -2.19. The molecule has 198 valence electrons. The number of fused-ring (bicyclic) bond motifs is 1. The van der Waals surface area contributed by atoms with Crippen LogP contribution < -0.4 is 15.4 Å². The molecule has 3 aliphatic rings. The van der Waals surface area contributed by atoms with Gasteiger partial charge in [-0.05, 0) is 49.9 Å². The normalized spacial score (nSPS) is 19.4. The third kappa shape index (κ3) is 5.90. The van der Waals surface area contributed by atoms with Gasteiger partial charge in [-0.15, -0.1) is 0 Å². The van der Waals surface area contributed by atoms with Gasteiger partial charge in [0.2, 0.25) is 5.91 Å². The fourth-order valence-electron chi connectivity index (χ4n) is 4.74. The van der Waals surface area contributed by atoms with Crippen LogP contribution in [0.4, 0.5) is 21.6 Å². The summed E-state index contributed by atoms with van der Waals surface area (Å²) < 4.78 is 25.3. The Labute approximate surface area is 225 Å². The molecule has 2 saturated carbocycles. The van der Waals surface area contributed by atoms with E-state index in [1.165, 1.54) is 44.1 Å². The van der Waals surface area contributed by atoms with Gasteiger partial charge in [0.25, 0.3) is 0 Å². The monoisotopic (exact) mass is 537 g/mol. The average Bonchev–Trinajstić information content (AvgIpc) is 3.84. The molecule has 0 bridgehead atoms. The van der Waals surface area contributed by atoms with Crippen LogP contribution in [0.15, 0.2) is 48.8 Å². The van der Waals surface area contributed by atoms with Gasteiger partial charge in [-0.2, -0.15) is 0 Å². The Kier molecular flexibility index (Phi) is 7.14. The number of anilines is 3. The van der Waals surface area contributed by atoms with Crippen molar-refractivity contribution in [2.45, 2.75) is 50.3 Å². The van der Waals surface area contributed by atoms with Gasteiger partial charge in [0.15, 0.2) is 0 Å². The van der Waals surface area contributed by atoms with Gasteiger partial charge in [-0.25, -0.2) is 14.4 Å². The molecule has 1 atom stereocenters. The van der Waals surface area contributed by atoms with Crippen molar-refractivity contribution in [3.8, 4) is 5.75 Å². The minimum atomic E-state index is -0.502. The van der Waals surface area contributed by atoms with E-state index in [2.05, 4.69) is 25.5 Å². The van der Waals surface area contributed by atoms with Crippen LogP contribution >= 0.6 is 11.6 Å². The molecule has 2 aromatic carbocycles. The van der Waals surface area contributed by atoms with Crippen molar-refractivity contribution in [2.24, 2.45) is 0 Å². The predicted octanol–water partition coefficient (Wildman–Crippen LogP) is 5.46. The van der Waals surface area contributed by atoms with Gasteiger partial charge in [0.05, 0.1) is 29.4 Å². The largest absolute Gasteiger partial charge is 0.486 e. The average molecular weight is 538 g/mol. The number of hydrogen-bond donors (Lipinski definition) is 2. The maximum atomic E-state index is 13.6. The Morgan fingerprint density at radius 3 is 2.68 bits per heavy atom. The number of aromatic nitrogens is 2. The summed E-state index contributed by atoms with van der Waals surface area (Å²) in [4.78, 5) is 24.2. The van der Waals surface area contributed by atoms with Crippen molar-refractivity contribution in [1.82, 2.24) is 14.9 Å². The van der Waals surface area contributed by atoms with E-state index < -0.39 is 5.82 Å². The number of nitrogens with one attached hydrogen (secondary N) is 2. The van der Waals surface area contributed by atoms with Gasteiger partial charge >= 0.3 is 0 Å². The fraction of sp³-hybridized carbons (Fsp3) is 0.393.